The van der Waals surface area contributed by atoms with Gasteiger partial charge in [-0.25, -0.2) is 0 Å². The van der Waals surface area contributed by atoms with E-state index in [4.69, 9.17) is 0 Å². The van der Waals surface area contributed by atoms with Gasteiger partial charge in [0.15, 0.2) is 0 Å². The van der Waals surface area contributed by atoms with Gasteiger partial charge in [0.2, 0.25) is 0 Å². The molecular weight excluding hydrogens is 252 g/mol. The highest BCUT2D eigenvalue weighted by Gasteiger charge is 2.23. The van der Waals surface area contributed by atoms with E-state index in [1.165, 1.54) is 53.8 Å². The Morgan fingerprint density at radius 3 is 2.89 bits per heavy atom. The number of hydrogen-bond acceptors (Lipinski definition) is 2. The van der Waals surface area contributed by atoms with Gasteiger partial charge in [-0.05, 0) is 44.0 Å². The number of rotatable bonds is 2. The second-order valence-electron chi connectivity index (χ2n) is 5.91. The largest absolute Gasteiger partial charge is 0.358 e. The molecule has 2 heterocycles. The van der Waals surface area contributed by atoms with Gasteiger partial charge in [-0.2, -0.15) is 0 Å². The number of aromatic nitrogens is 1. The first kappa shape index (κ1) is 11.9. The lowest BCUT2D eigenvalue weighted by atomic mass is 10.1. The minimum Gasteiger partial charge on any atom is -0.358 e. The molecule has 3 heteroatoms. The van der Waals surface area contributed by atoms with Crippen LogP contribution in [0.2, 0.25) is 0 Å². The van der Waals surface area contributed by atoms with E-state index in [1.54, 1.807) is 5.56 Å². The number of likely N-dealkylation sites (N-methyl/N-ethyl adjacent to an activating group) is 1. The molecule has 1 N–H and O–H groups in total. The third kappa shape index (κ3) is 2.30. The van der Waals surface area contributed by atoms with Crippen molar-refractivity contribution in [1.82, 2.24) is 9.88 Å². The minimum absolute atomic E-state index is 0.888. The minimum atomic E-state index is 0.888. The van der Waals surface area contributed by atoms with Gasteiger partial charge < -0.3 is 9.88 Å². The number of thioether (sulfide) groups is 1. The van der Waals surface area contributed by atoms with Gasteiger partial charge in [-0.3, -0.25) is 0 Å². The summed E-state index contributed by atoms with van der Waals surface area (Å²) in [6.07, 6.45) is 5.14. The van der Waals surface area contributed by atoms with Gasteiger partial charge in [0.05, 0.1) is 0 Å². The van der Waals surface area contributed by atoms with Crippen molar-refractivity contribution in [1.29, 1.82) is 0 Å². The van der Waals surface area contributed by atoms with Gasteiger partial charge >= 0.3 is 0 Å². The summed E-state index contributed by atoms with van der Waals surface area (Å²) in [6.45, 7) is 2.35. The molecule has 1 aromatic carbocycles. The van der Waals surface area contributed by atoms with Crippen LogP contribution in [0.5, 0.6) is 0 Å². The van der Waals surface area contributed by atoms with E-state index in [2.05, 4.69) is 35.1 Å². The van der Waals surface area contributed by atoms with E-state index in [1.807, 2.05) is 11.8 Å². The third-order valence-corrected chi connectivity index (χ3v) is 5.61. The molecule has 4 rings (SSSR count). The normalized spacial score (nSPS) is 20.5. The molecule has 19 heavy (non-hydrogen) atoms. The fraction of sp³-hybridized carbons (Fsp3) is 0.500. The predicted octanol–water partition coefficient (Wildman–Crippen LogP) is 3.45. The lowest BCUT2D eigenvalue weighted by Gasteiger charge is -2.11. The molecule has 0 radical (unpaired) electrons. The summed E-state index contributed by atoms with van der Waals surface area (Å²) < 4.78 is 0. The maximum atomic E-state index is 3.67. The zero-order chi connectivity index (χ0) is 12.8. The van der Waals surface area contributed by atoms with Crippen LogP contribution in [0.3, 0.4) is 0 Å². The molecule has 0 bridgehead atoms. The average molecular weight is 272 g/mol. The van der Waals surface area contributed by atoms with E-state index < -0.39 is 0 Å². The summed E-state index contributed by atoms with van der Waals surface area (Å²) in [7, 11) is 2.22. The maximum absolute atomic E-state index is 3.67. The fourth-order valence-corrected chi connectivity index (χ4v) is 4.05. The molecule has 0 amide bonds. The second-order valence-corrected chi connectivity index (χ2v) is 7.28. The average Bonchev–Trinajstić information content (AvgIpc) is 3.16. The molecule has 0 saturated heterocycles. The summed E-state index contributed by atoms with van der Waals surface area (Å²) in [6, 6.07) is 7.01. The summed E-state index contributed by atoms with van der Waals surface area (Å²) in [5.74, 6) is 0. The first-order valence-electron chi connectivity index (χ1n) is 7.28. The van der Waals surface area contributed by atoms with Crippen molar-refractivity contribution in [3.05, 3.63) is 29.5 Å². The highest BCUT2D eigenvalue weighted by molar-refractivity contribution is 8.00. The zero-order valence-corrected chi connectivity index (χ0v) is 12.2. The fourth-order valence-electron chi connectivity index (χ4n) is 2.96. The smallest absolute Gasteiger partial charge is 0.0470 e. The van der Waals surface area contributed by atoms with Crippen LogP contribution in [0.4, 0.5) is 0 Å². The Bertz CT molecular complexity index is 612. The Hall–Kier alpha value is -0.930. The van der Waals surface area contributed by atoms with Gasteiger partial charge in [0.1, 0.15) is 0 Å². The number of H-pyrrole nitrogens is 1. The molecule has 1 saturated carbocycles. The van der Waals surface area contributed by atoms with Crippen LogP contribution in [0.15, 0.2) is 23.1 Å². The molecule has 100 valence electrons. The summed E-state index contributed by atoms with van der Waals surface area (Å²) in [4.78, 5) is 7.53. The van der Waals surface area contributed by atoms with Gasteiger partial charge in [-0.15, -0.1) is 11.8 Å². The van der Waals surface area contributed by atoms with Gasteiger partial charge in [0.25, 0.3) is 0 Å². The molecule has 2 aromatic rings. The van der Waals surface area contributed by atoms with Gasteiger partial charge in [0, 0.05) is 46.3 Å². The molecule has 2 nitrogen and oxygen atoms in total. The SMILES string of the molecule is CN1CCc2[nH]c3cc(SC4CC4)ccc3c2CC1. The van der Waals surface area contributed by atoms with E-state index in [0.29, 0.717) is 0 Å². The van der Waals surface area contributed by atoms with Crippen LogP contribution >= 0.6 is 11.8 Å². The van der Waals surface area contributed by atoms with E-state index in [-0.39, 0.29) is 0 Å². The number of aromatic amines is 1. The Labute approximate surface area is 118 Å². The van der Waals surface area contributed by atoms with Crippen LogP contribution in [0, 0.1) is 0 Å². The molecule has 0 unspecified atom stereocenters. The van der Waals surface area contributed by atoms with Crippen LogP contribution in [0.1, 0.15) is 24.1 Å². The van der Waals surface area contributed by atoms with E-state index in [9.17, 15) is 0 Å². The molecule has 0 atom stereocenters. The number of hydrogen-bond donors (Lipinski definition) is 1. The number of nitrogens with one attached hydrogen (secondary N) is 1. The van der Waals surface area contributed by atoms with E-state index >= 15 is 0 Å². The lowest BCUT2D eigenvalue weighted by Crippen LogP contribution is -2.21. The monoisotopic (exact) mass is 272 g/mol. The summed E-state index contributed by atoms with van der Waals surface area (Å²) in [5.41, 5.74) is 4.37. The number of nitrogens with zero attached hydrogens (tertiary/aromatic N) is 1. The zero-order valence-electron chi connectivity index (χ0n) is 11.4. The van der Waals surface area contributed by atoms with E-state index in [0.717, 1.165) is 11.7 Å². The first-order valence-corrected chi connectivity index (χ1v) is 8.16. The summed E-state index contributed by atoms with van der Waals surface area (Å²) in [5, 5.41) is 2.34. The van der Waals surface area contributed by atoms with Crippen molar-refractivity contribution < 1.29 is 0 Å². The third-order valence-electron chi connectivity index (χ3n) is 4.28. The first-order chi connectivity index (χ1) is 9.29. The van der Waals surface area contributed by atoms with Crippen LogP contribution in [-0.2, 0) is 12.8 Å². The van der Waals surface area contributed by atoms with Crippen LogP contribution in [0.25, 0.3) is 10.9 Å². The lowest BCUT2D eigenvalue weighted by molar-refractivity contribution is 0.352. The molecule has 2 aliphatic rings. The van der Waals surface area contributed by atoms with Crippen molar-refractivity contribution in [3.63, 3.8) is 0 Å². The van der Waals surface area contributed by atoms with Crippen LogP contribution in [-0.4, -0.2) is 35.3 Å². The van der Waals surface area contributed by atoms with Gasteiger partial charge in [-0.1, -0.05) is 6.07 Å². The Morgan fingerprint density at radius 1 is 1.21 bits per heavy atom. The quantitative estimate of drug-likeness (QED) is 0.903. The highest BCUT2D eigenvalue weighted by Crippen LogP contribution is 2.40. The van der Waals surface area contributed by atoms with Crippen LogP contribution < -0.4 is 0 Å². The molecule has 1 aromatic heterocycles. The standard InChI is InChI=1S/C16H20N2S/c1-18-8-6-14-13-5-4-12(19-11-2-3-11)10-16(13)17-15(14)7-9-18/h4-5,10-11,17H,2-3,6-9H2,1H3. The number of benzene rings is 1. The Morgan fingerprint density at radius 2 is 2.05 bits per heavy atom. The maximum Gasteiger partial charge on any atom is 0.0470 e. The predicted molar refractivity (Wildman–Crippen MR) is 82.1 cm³/mol. The summed E-state index contributed by atoms with van der Waals surface area (Å²) >= 11 is 2.05. The Kier molecular flexibility index (Phi) is 2.85. The molecular formula is C16H20N2S. The van der Waals surface area contributed by atoms with Crippen molar-refractivity contribution in [2.45, 2.75) is 35.8 Å². The van der Waals surface area contributed by atoms with Crippen molar-refractivity contribution >= 4 is 22.7 Å². The van der Waals surface area contributed by atoms with Crippen molar-refractivity contribution in [3.8, 4) is 0 Å². The number of fused-ring (bicyclic) bond motifs is 3. The van der Waals surface area contributed by atoms with Crippen molar-refractivity contribution in [2.24, 2.45) is 0 Å². The molecule has 0 spiro atoms. The van der Waals surface area contributed by atoms with Crippen molar-refractivity contribution in [2.75, 3.05) is 20.1 Å². The second kappa shape index (κ2) is 4.57. The highest BCUT2D eigenvalue weighted by atomic mass is 32.2. The molecule has 1 aliphatic heterocycles. The molecule has 1 aliphatic carbocycles. The topological polar surface area (TPSA) is 19.0 Å². The molecule has 1 fully saturated rings. The Balaban J connectivity index is 1.72.